The van der Waals surface area contributed by atoms with Gasteiger partial charge in [-0.05, 0) is 6.42 Å². The standard InChI is InChI=1S/C10H16N2O/c1-5-10(2,3)9-8(7-13)6-12(4)11-9/h6-7H,5H2,1-4H3. The molecule has 1 rings (SSSR count). The predicted molar refractivity (Wildman–Crippen MR) is 51.9 cm³/mol. The van der Waals surface area contributed by atoms with Crippen molar-refractivity contribution in [1.29, 1.82) is 0 Å². The predicted octanol–water partition coefficient (Wildman–Crippen LogP) is 1.92. The van der Waals surface area contributed by atoms with Crippen molar-refractivity contribution in [2.45, 2.75) is 32.6 Å². The Morgan fingerprint density at radius 2 is 2.23 bits per heavy atom. The van der Waals surface area contributed by atoms with E-state index in [9.17, 15) is 4.79 Å². The number of aldehydes is 1. The molecule has 0 bridgehead atoms. The van der Waals surface area contributed by atoms with Gasteiger partial charge in [0.05, 0.1) is 11.3 Å². The lowest BCUT2D eigenvalue weighted by Gasteiger charge is -2.20. The molecule has 0 unspecified atom stereocenters. The van der Waals surface area contributed by atoms with Crippen LogP contribution in [0.2, 0.25) is 0 Å². The molecule has 0 N–H and O–H groups in total. The molecule has 0 saturated heterocycles. The molecule has 3 nitrogen and oxygen atoms in total. The number of rotatable bonds is 3. The molecule has 0 aromatic carbocycles. The average molecular weight is 180 g/mol. The Balaban J connectivity index is 3.19. The van der Waals surface area contributed by atoms with Crippen molar-refractivity contribution in [1.82, 2.24) is 9.78 Å². The van der Waals surface area contributed by atoms with Crippen molar-refractivity contribution in [3.05, 3.63) is 17.5 Å². The van der Waals surface area contributed by atoms with Gasteiger partial charge < -0.3 is 0 Å². The van der Waals surface area contributed by atoms with E-state index in [0.29, 0.717) is 5.56 Å². The van der Waals surface area contributed by atoms with E-state index in [1.165, 1.54) is 0 Å². The van der Waals surface area contributed by atoms with E-state index in [2.05, 4.69) is 25.9 Å². The van der Waals surface area contributed by atoms with Gasteiger partial charge in [0.1, 0.15) is 0 Å². The van der Waals surface area contributed by atoms with Gasteiger partial charge in [-0.25, -0.2) is 0 Å². The third-order valence-corrected chi connectivity index (χ3v) is 2.51. The van der Waals surface area contributed by atoms with E-state index in [-0.39, 0.29) is 5.41 Å². The highest BCUT2D eigenvalue weighted by Crippen LogP contribution is 2.27. The highest BCUT2D eigenvalue weighted by Gasteiger charge is 2.24. The second kappa shape index (κ2) is 3.32. The Kier molecular flexibility index (Phi) is 2.55. The molecule has 0 fully saturated rings. The van der Waals surface area contributed by atoms with Gasteiger partial charge in [0.2, 0.25) is 0 Å². The number of nitrogens with zero attached hydrogens (tertiary/aromatic N) is 2. The molecule has 0 spiro atoms. The first-order valence-electron chi connectivity index (χ1n) is 4.50. The fourth-order valence-electron chi connectivity index (χ4n) is 1.29. The number of aromatic nitrogens is 2. The van der Waals surface area contributed by atoms with E-state index >= 15 is 0 Å². The van der Waals surface area contributed by atoms with Crippen LogP contribution < -0.4 is 0 Å². The average Bonchev–Trinajstić information content (AvgIpc) is 2.47. The maximum Gasteiger partial charge on any atom is 0.153 e. The fourth-order valence-corrected chi connectivity index (χ4v) is 1.29. The van der Waals surface area contributed by atoms with Crippen LogP contribution in [0, 0.1) is 0 Å². The Morgan fingerprint density at radius 3 is 2.69 bits per heavy atom. The van der Waals surface area contributed by atoms with Crippen molar-refractivity contribution < 1.29 is 4.79 Å². The van der Waals surface area contributed by atoms with E-state index < -0.39 is 0 Å². The Morgan fingerprint density at radius 1 is 1.62 bits per heavy atom. The number of carbonyl (C=O) groups excluding carboxylic acids is 1. The van der Waals surface area contributed by atoms with Crippen LogP contribution in [-0.4, -0.2) is 16.1 Å². The normalized spacial score (nSPS) is 11.7. The zero-order valence-corrected chi connectivity index (χ0v) is 8.66. The van der Waals surface area contributed by atoms with Crippen LogP contribution in [0.4, 0.5) is 0 Å². The van der Waals surface area contributed by atoms with Gasteiger partial charge in [-0.2, -0.15) is 5.10 Å². The molecule has 3 heteroatoms. The second-order valence-corrected chi connectivity index (χ2v) is 3.96. The third-order valence-electron chi connectivity index (χ3n) is 2.51. The molecule has 0 aliphatic rings. The monoisotopic (exact) mass is 180 g/mol. The molecule has 1 aromatic rings. The van der Waals surface area contributed by atoms with Crippen molar-refractivity contribution in [3.8, 4) is 0 Å². The van der Waals surface area contributed by atoms with Crippen LogP contribution in [0.15, 0.2) is 6.20 Å². The van der Waals surface area contributed by atoms with Crippen LogP contribution in [0.5, 0.6) is 0 Å². The SMILES string of the molecule is CCC(C)(C)c1nn(C)cc1C=O. The topological polar surface area (TPSA) is 34.9 Å². The summed E-state index contributed by atoms with van der Waals surface area (Å²) in [7, 11) is 1.84. The van der Waals surface area contributed by atoms with E-state index in [0.717, 1.165) is 18.4 Å². The molecule has 1 heterocycles. The van der Waals surface area contributed by atoms with Gasteiger partial charge in [-0.3, -0.25) is 9.48 Å². The number of hydrogen-bond acceptors (Lipinski definition) is 2. The molecule has 0 saturated carbocycles. The summed E-state index contributed by atoms with van der Waals surface area (Å²) >= 11 is 0. The zero-order chi connectivity index (χ0) is 10.1. The maximum atomic E-state index is 10.7. The fraction of sp³-hybridized carbons (Fsp3) is 0.600. The number of carbonyl (C=O) groups is 1. The first-order chi connectivity index (χ1) is 6.01. The Bertz CT molecular complexity index is 313. The van der Waals surface area contributed by atoms with E-state index in [1.54, 1.807) is 10.9 Å². The summed E-state index contributed by atoms with van der Waals surface area (Å²) in [6.45, 7) is 6.30. The molecular weight excluding hydrogens is 164 g/mol. The summed E-state index contributed by atoms with van der Waals surface area (Å²) in [6, 6.07) is 0. The number of aryl methyl sites for hydroxylation is 1. The molecule has 1 aromatic heterocycles. The highest BCUT2D eigenvalue weighted by molar-refractivity contribution is 5.76. The summed E-state index contributed by atoms with van der Waals surface area (Å²) in [5.74, 6) is 0. The smallest absolute Gasteiger partial charge is 0.153 e. The van der Waals surface area contributed by atoms with Gasteiger partial charge in [-0.15, -0.1) is 0 Å². The Hall–Kier alpha value is -1.12. The highest BCUT2D eigenvalue weighted by atomic mass is 16.1. The van der Waals surface area contributed by atoms with Crippen LogP contribution in [-0.2, 0) is 12.5 Å². The number of hydrogen-bond donors (Lipinski definition) is 0. The van der Waals surface area contributed by atoms with Gasteiger partial charge in [0, 0.05) is 18.7 Å². The molecule has 72 valence electrons. The molecule has 13 heavy (non-hydrogen) atoms. The third kappa shape index (κ3) is 1.79. The van der Waals surface area contributed by atoms with Gasteiger partial charge in [0.25, 0.3) is 0 Å². The Labute approximate surface area is 78.8 Å². The molecule has 0 radical (unpaired) electrons. The summed E-state index contributed by atoms with van der Waals surface area (Å²) < 4.78 is 1.69. The lowest BCUT2D eigenvalue weighted by Crippen LogP contribution is -2.18. The molecule has 0 atom stereocenters. The van der Waals surface area contributed by atoms with Crippen molar-refractivity contribution >= 4 is 6.29 Å². The molecule has 0 aliphatic heterocycles. The minimum absolute atomic E-state index is 0.0164. The lowest BCUT2D eigenvalue weighted by molar-refractivity contribution is 0.112. The van der Waals surface area contributed by atoms with Crippen LogP contribution in [0.1, 0.15) is 43.2 Å². The lowest BCUT2D eigenvalue weighted by atomic mass is 9.85. The maximum absolute atomic E-state index is 10.7. The van der Waals surface area contributed by atoms with Crippen molar-refractivity contribution in [3.63, 3.8) is 0 Å². The van der Waals surface area contributed by atoms with Gasteiger partial charge >= 0.3 is 0 Å². The molecule has 0 aliphatic carbocycles. The van der Waals surface area contributed by atoms with Gasteiger partial charge in [0.15, 0.2) is 6.29 Å². The van der Waals surface area contributed by atoms with Crippen molar-refractivity contribution in [2.75, 3.05) is 0 Å². The first kappa shape index (κ1) is 9.96. The summed E-state index contributed by atoms with van der Waals surface area (Å²) in [4.78, 5) is 10.7. The molecular formula is C10H16N2O. The second-order valence-electron chi connectivity index (χ2n) is 3.96. The minimum atomic E-state index is -0.0164. The van der Waals surface area contributed by atoms with Crippen LogP contribution in [0.3, 0.4) is 0 Å². The van der Waals surface area contributed by atoms with Crippen molar-refractivity contribution in [2.24, 2.45) is 7.05 Å². The first-order valence-corrected chi connectivity index (χ1v) is 4.50. The van der Waals surface area contributed by atoms with E-state index in [4.69, 9.17) is 0 Å². The van der Waals surface area contributed by atoms with E-state index in [1.807, 2.05) is 7.05 Å². The van der Waals surface area contributed by atoms with Crippen LogP contribution in [0.25, 0.3) is 0 Å². The van der Waals surface area contributed by atoms with Crippen LogP contribution >= 0.6 is 0 Å². The summed E-state index contributed by atoms with van der Waals surface area (Å²) in [6.07, 6.45) is 3.62. The zero-order valence-electron chi connectivity index (χ0n) is 8.66. The summed E-state index contributed by atoms with van der Waals surface area (Å²) in [5, 5.41) is 4.31. The molecule has 0 amide bonds. The summed E-state index contributed by atoms with van der Waals surface area (Å²) in [5.41, 5.74) is 1.58. The minimum Gasteiger partial charge on any atom is -0.298 e. The van der Waals surface area contributed by atoms with Gasteiger partial charge in [-0.1, -0.05) is 20.8 Å². The largest absolute Gasteiger partial charge is 0.298 e. The quantitative estimate of drug-likeness (QED) is 0.666.